The van der Waals surface area contributed by atoms with E-state index in [1.165, 1.54) is 11.1 Å². The van der Waals surface area contributed by atoms with Crippen molar-refractivity contribution in [3.05, 3.63) is 46.8 Å². The molecular weight excluding hydrogens is 298 g/mol. The lowest BCUT2D eigenvalue weighted by Crippen LogP contribution is -2.36. The first-order valence-electron chi connectivity index (χ1n) is 8.90. The normalized spacial score (nSPS) is 14.1. The molecule has 128 valence electrons. The molecular formula is C20H27N3O. The van der Waals surface area contributed by atoms with Crippen LogP contribution in [0.1, 0.15) is 55.1 Å². The molecule has 1 aliphatic rings. The third-order valence-corrected chi connectivity index (χ3v) is 4.83. The van der Waals surface area contributed by atoms with E-state index in [1.54, 1.807) is 0 Å². The lowest BCUT2D eigenvalue weighted by atomic mass is 9.94. The van der Waals surface area contributed by atoms with E-state index in [4.69, 9.17) is 0 Å². The number of rotatable bonds is 4. The van der Waals surface area contributed by atoms with Crippen LogP contribution in [0.5, 0.6) is 0 Å². The Morgan fingerprint density at radius 1 is 1.25 bits per heavy atom. The van der Waals surface area contributed by atoms with Crippen LogP contribution in [0.2, 0.25) is 0 Å². The highest BCUT2D eigenvalue weighted by Crippen LogP contribution is 2.30. The van der Waals surface area contributed by atoms with Gasteiger partial charge < -0.3 is 4.90 Å². The second-order valence-corrected chi connectivity index (χ2v) is 7.09. The van der Waals surface area contributed by atoms with Gasteiger partial charge >= 0.3 is 0 Å². The van der Waals surface area contributed by atoms with Gasteiger partial charge in [-0.05, 0) is 55.9 Å². The zero-order valence-corrected chi connectivity index (χ0v) is 15.2. The van der Waals surface area contributed by atoms with E-state index < -0.39 is 0 Å². The largest absolute Gasteiger partial charge is 0.312 e. The van der Waals surface area contributed by atoms with Crippen LogP contribution in [-0.2, 0) is 17.8 Å². The molecule has 0 atom stereocenters. The number of hydrogen-bond acceptors (Lipinski definition) is 2. The molecule has 4 heteroatoms. The van der Waals surface area contributed by atoms with E-state index in [1.807, 2.05) is 29.5 Å². The average molecular weight is 325 g/mol. The van der Waals surface area contributed by atoms with E-state index >= 15 is 0 Å². The summed E-state index contributed by atoms with van der Waals surface area (Å²) in [4.78, 5) is 14.7. The highest BCUT2D eigenvalue weighted by Gasteiger charge is 2.23. The van der Waals surface area contributed by atoms with Crippen LogP contribution < -0.4 is 4.90 Å². The van der Waals surface area contributed by atoms with Crippen molar-refractivity contribution in [1.29, 1.82) is 0 Å². The predicted molar refractivity (Wildman–Crippen MR) is 97.5 cm³/mol. The van der Waals surface area contributed by atoms with Crippen molar-refractivity contribution in [2.24, 2.45) is 0 Å². The van der Waals surface area contributed by atoms with Crippen LogP contribution in [0, 0.1) is 13.8 Å². The highest BCUT2D eigenvalue weighted by molar-refractivity contribution is 5.94. The number of anilines is 1. The van der Waals surface area contributed by atoms with Crippen LogP contribution in [0.4, 0.5) is 5.69 Å². The summed E-state index contributed by atoms with van der Waals surface area (Å²) in [7, 11) is 0. The molecule has 0 N–H and O–H groups in total. The fraction of sp³-hybridized carbons (Fsp3) is 0.500. The van der Waals surface area contributed by atoms with Gasteiger partial charge in [-0.1, -0.05) is 26.0 Å². The minimum atomic E-state index is 0.195. The van der Waals surface area contributed by atoms with Crippen LogP contribution in [0.25, 0.3) is 0 Å². The first kappa shape index (κ1) is 16.7. The first-order chi connectivity index (χ1) is 11.5. The van der Waals surface area contributed by atoms with E-state index in [-0.39, 0.29) is 5.91 Å². The standard InChI is InChI=1S/C20H27N3O/c1-14(2)17-7-8-19-18(13-17)6-5-10-22(19)20(24)9-11-23-16(4)12-15(3)21-23/h7-8,12-14H,5-6,9-11H2,1-4H3. The number of carbonyl (C=O) groups is 1. The van der Waals surface area contributed by atoms with Crippen LogP contribution in [-0.4, -0.2) is 22.2 Å². The summed E-state index contributed by atoms with van der Waals surface area (Å²) < 4.78 is 1.93. The third kappa shape index (κ3) is 3.37. The van der Waals surface area contributed by atoms with Crippen molar-refractivity contribution in [2.75, 3.05) is 11.4 Å². The summed E-state index contributed by atoms with van der Waals surface area (Å²) in [5.41, 5.74) is 5.88. The molecule has 1 aliphatic heterocycles. The Labute approximate surface area is 144 Å². The summed E-state index contributed by atoms with van der Waals surface area (Å²) in [6.07, 6.45) is 2.60. The summed E-state index contributed by atoms with van der Waals surface area (Å²) in [5, 5.41) is 4.45. The van der Waals surface area contributed by atoms with Crippen molar-refractivity contribution in [3.8, 4) is 0 Å². The molecule has 1 aromatic heterocycles. The van der Waals surface area contributed by atoms with E-state index in [9.17, 15) is 4.79 Å². The summed E-state index contributed by atoms with van der Waals surface area (Å²) >= 11 is 0. The molecule has 0 unspecified atom stereocenters. The Bertz CT molecular complexity index is 745. The molecule has 24 heavy (non-hydrogen) atoms. The molecule has 0 saturated heterocycles. The van der Waals surface area contributed by atoms with Gasteiger partial charge in [0.2, 0.25) is 5.91 Å². The Morgan fingerprint density at radius 3 is 2.71 bits per heavy atom. The lowest BCUT2D eigenvalue weighted by Gasteiger charge is -2.30. The van der Waals surface area contributed by atoms with Crippen molar-refractivity contribution in [3.63, 3.8) is 0 Å². The Kier molecular flexibility index (Phi) is 4.74. The van der Waals surface area contributed by atoms with Crippen molar-refractivity contribution < 1.29 is 4.79 Å². The van der Waals surface area contributed by atoms with Gasteiger partial charge in [-0.15, -0.1) is 0 Å². The van der Waals surface area contributed by atoms with Crippen molar-refractivity contribution >= 4 is 11.6 Å². The molecule has 0 spiro atoms. The number of benzene rings is 1. The monoisotopic (exact) mass is 325 g/mol. The van der Waals surface area contributed by atoms with Gasteiger partial charge in [0.15, 0.2) is 0 Å². The fourth-order valence-corrected chi connectivity index (χ4v) is 3.47. The van der Waals surface area contributed by atoms with Crippen LogP contribution in [0.3, 0.4) is 0 Å². The number of nitrogens with zero attached hydrogens (tertiary/aromatic N) is 3. The van der Waals surface area contributed by atoms with Gasteiger partial charge in [-0.3, -0.25) is 9.48 Å². The maximum atomic E-state index is 12.8. The molecule has 1 aromatic carbocycles. The number of hydrogen-bond donors (Lipinski definition) is 0. The number of fused-ring (bicyclic) bond motifs is 1. The average Bonchev–Trinajstić information content (AvgIpc) is 2.89. The van der Waals surface area contributed by atoms with Gasteiger partial charge in [0.05, 0.1) is 5.69 Å². The lowest BCUT2D eigenvalue weighted by molar-refractivity contribution is -0.119. The minimum Gasteiger partial charge on any atom is -0.312 e. The van der Waals surface area contributed by atoms with Crippen LogP contribution >= 0.6 is 0 Å². The smallest absolute Gasteiger partial charge is 0.228 e. The topological polar surface area (TPSA) is 38.1 Å². The summed E-state index contributed by atoms with van der Waals surface area (Å²) in [6.45, 7) is 9.91. The van der Waals surface area contributed by atoms with Gasteiger partial charge in [-0.25, -0.2) is 0 Å². The quantitative estimate of drug-likeness (QED) is 0.852. The second kappa shape index (κ2) is 6.80. The molecule has 0 saturated carbocycles. The number of amides is 1. The minimum absolute atomic E-state index is 0.195. The molecule has 0 radical (unpaired) electrons. The van der Waals surface area contributed by atoms with Gasteiger partial charge in [0.1, 0.15) is 0 Å². The number of aromatic nitrogens is 2. The van der Waals surface area contributed by atoms with Crippen molar-refractivity contribution in [1.82, 2.24) is 9.78 Å². The Balaban J connectivity index is 1.74. The third-order valence-electron chi connectivity index (χ3n) is 4.83. The molecule has 1 amide bonds. The van der Waals surface area contributed by atoms with Crippen molar-refractivity contribution in [2.45, 2.75) is 59.4 Å². The van der Waals surface area contributed by atoms with Gasteiger partial charge in [0, 0.05) is 30.9 Å². The zero-order chi connectivity index (χ0) is 17.3. The number of aryl methyl sites for hydroxylation is 4. The maximum absolute atomic E-state index is 12.8. The number of carbonyl (C=O) groups excluding carboxylic acids is 1. The molecule has 4 nitrogen and oxygen atoms in total. The summed E-state index contributed by atoms with van der Waals surface area (Å²) in [6, 6.07) is 8.62. The molecule has 0 fully saturated rings. The molecule has 0 aliphatic carbocycles. The van der Waals surface area contributed by atoms with E-state index in [0.29, 0.717) is 18.9 Å². The molecule has 0 bridgehead atoms. The SMILES string of the molecule is Cc1cc(C)n(CCC(=O)N2CCCc3cc(C(C)C)ccc32)n1. The second-order valence-electron chi connectivity index (χ2n) is 7.09. The predicted octanol–water partition coefficient (Wildman–Crippen LogP) is 3.99. The molecule has 3 rings (SSSR count). The Hall–Kier alpha value is -2.10. The van der Waals surface area contributed by atoms with E-state index in [0.717, 1.165) is 36.5 Å². The first-order valence-corrected chi connectivity index (χ1v) is 8.90. The van der Waals surface area contributed by atoms with Gasteiger partial charge in [-0.2, -0.15) is 5.10 Å². The zero-order valence-electron chi connectivity index (χ0n) is 15.2. The van der Waals surface area contributed by atoms with Crippen LogP contribution in [0.15, 0.2) is 24.3 Å². The Morgan fingerprint density at radius 2 is 2.04 bits per heavy atom. The highest BCUT2D eigenvalue weighted by atomic mass is 16.2. The molecule has 2 aromatic rings. The maximum Gasteiger partial charge on any atom is 0.228 e. The molecule has 2 heterocycles. The van der Waals surface area contributed by atoms with E-state index in [2.05, 4.69) is 37.1 Å². The fourth-order valence-electron chi connectivity index (χ4n) is 3.47. The summed E-state index contributed by atoms with van der Waals surface area (Å²) in [5.74, 6) is 0.716. The van der Waals surface area contributed by atoms with Gasteiger partial charge in [0.25, 0.3) is 0 Å².